The lowest BCUT2D eigenvalue weighted by Crippen LogP contribution is -1.97. The quantitative estimate of drug-likeness (QED) is 0.780. The topological polar surface area (TPSA) is 42.7 Å². The van der Waals surface area contributed by atoms with Gasteiger partial charge in [0.2, 0.25) is 0 Å². The molecule has 102 valence electrons. The van der Waals surface area contributed by atoms with Crippen LogP contribution in [-0.2, 0) is 6.54 Å². The Labute approximate surface area is 122 Å². The van der Waals surface area contributed by atoms with Crippen LogP contribution in [-0.4, -0.2) is 21.3 Å². The van der Waals surface area contributed by atoms with Gasteiger partial charge in [0.05, 0.1) is 12.7 Å². The molecular formula is C15H16N4S. The Kier molecular flexibility index (Phi) is 3.78. The Bertz CT molecular complexity index is 672. The summed E-state index contributed by atoms with van der Waals surface area (Å²) >= 11 is 1.67. The molecule has 1 N–H and O–H groups in total. The molecule has 0 saturated heterocycles. The van der Waals surface area contributed by atoms with E-state index in [1.807, 2.05) is 35.3 Å². The van der Waals surface area contributed by atoms with Crippen molar-refractivity contribution in [2.75, 3.05) is 11.9 Å². The van der Waals surface area contributed by atoms with Crippen LogP contribution in [0.5, 0.6) is 0 Å². The van der Waals surface area contributed by atoms with Crippen molar-refractivity contribution in [1.29, 1.82) is 0 Å². The summed E-state index contributed by atoms with van der Waals surface area (Å²) in [6.45, 7) is 3.73. The average Bonchev–Trinajstić information content (AvgIpc) is 3.11. The van der Waals surface area contributed by atoms with Gasteiger partial charge in [0, 0.05) is 29.4 Å². The second kappa shape index (κ2) is 5.88. The zero-order chi connectivity index (χ0) is 13.8. The number of rotatable bonds is 5. The summed E-state index contributed by atoms with van der Waals surface area (Å²) in [5, 5.41) is 8.61. The summed E-state index contributed by atoms with van der Waals surface area (Å²) < 4.78 is 1.95. The first-order valence-electron chi connectivity index (χ1n) is 6.61. The Morgan fingerprint density at radius 1 is 1.15 bits per heavy atom. The van der Waals surface area contributed by atoms with Crippen molar-refractivity contribution in [3.63, 3.8) is 0 Å². The maximum atomic E-state index is 4.42. The number of nitrogens with zero attached hydrogens (tertiary/aromatic N) is 3. The van der Waals surface area contributed by atoms with Crippen LogP contribution in [0, 0.1) is 0 Å². The maximum Gasteiger partial charge on any atom is 0.182 e. The van der Waals surface area contributed by atoms with E-state index in [2.05, 4.69) is 40.7 Å². The lowest BCUT2D eigenvalue weighted by atomic mass is 10.1. The largest absolute Gasteiger partial charge is 0.362 e. The molecule has 0 amide bonds. The molecule has 2 aromatic heterocycles. The molecule has 0 saturated carbocycles. The molecular weight excluding hydrogens is 268 g/mol. The van der Waals surface area contributed by atoms with E-state index in [1.165, 1.54) is 10.4 Å². The number of nitrogens with one attached hydrogen (secondary N) is 1. The summed E-state index contributed by atoms with van der Waals surface area (Å²) in [4.78, 5) is 5.53. The first-order chi connectivity index (χ1) is 9.85. The summed E-state index contributed by atoms with van der Waals surface area (Å²) in [5.41, 5.74) is 2.33. The van der Waals surface area contributed by atoms with Crippen molar-refractivity contribution in [3.8, 4) is 11.1 Å². The molecule has 3 aromatic rings. The van der Waals surface area contributed by atoms with E-state index in [0.29, 0.717) is 0 Å². The molecule has 0 aliphatic rings. The maximum absolute atomic E-state index is 4.42. The van der Waals surface area contributed by atoms with Crippen molar-refractivity contribution in [3.05, 3.63) is 53.8 Å². The third-order valence-electron chi connectivity index (χ3n) is 2.94. The predicted octanol–water partition coefficient (Wildman–Crippen LogP) is 3.49. The fourth-order valence-corrected chi connectivity index (χ4v) is 2.88. The smallest absolute Gasteiger partial charge is 0.182 e. The van der Waals surface area contributed by atoms with E-state index in [9.17, 15) is 0 Å². The lowest BCUT2D eigenvalue weighted by molar-refractivity contribution is 0.694. The highest BCUT2D eigenvalue weighted by Gasteiger charge is 2.05. The van der Waals surface area contributed by atoms with Gasteiger partial charge < -0.3 is 5.32 Å². The van der Waals surface area contributed by atoms with Gasteiger partial charge in [-0.1, -0.05) is 30.3 Å². The number of hydrogen-bond donors (Lipinski definition) is 1. The Hall–Kier alpha value is -2.14. The van der Waals surface area contributed by atoms with Crippen LogP contribution in [0.15, 0.2) is 48.9 Å². The van der Waals surface area contributed by atoms with E-state index in [-0.39, 0.29) is 0 Å². The normalized spacial score (nSPS) is 10.7. The zero-order valence-electron chi connectivity index (χ0n) is 11.3. The standard InChI is InChI=1S/C15H16N4S/c1-2-16-15-17-9-14(20-15)11-19-10-13(8-18-19)12-6-4-3-5-7-12/h3-10H,2,11H2,1H3,(H,16,17). The van der Waals surface area contributed by atoms with Gasteiger partial charge in [0.15, 0.2) is 5.13 Å². The average molecular weight is 284 g/mol. The fraction of sp³-hybridized carbons (Fsp3) is 0.200. The molecule has 4 nitrogen and oxygen atoms in total. The third kappa shape index (κ3) is 2.88. The van der Waals surface area contributed by atoms with Crippen LogP contribution < -0.4 is 5.32 Å². The van der Waals surface area contributed by atoms with Crippen LogP contribution in [0.3, 0.4) is 0 Å². The van der Waals surface area contributed by atoms with Crippen molar-refractivity contribution < 1.29 is 0 Å². The van der Waals surface area contributed by atoms with E-state index in [0.717, 1.165) is 23.8 Å². The van der Waals surface area contributed by atoms with Crippen molar-refractivity contribution in [1.82, 2.24) is 14.8 Å². The van der Waals surface area contributed by atoms with Crippen LogP contribution >= 0.6 is 11.3 Å². The molecule has 0 spiro atoms. The molecule has 5 heteroatoms. The second-order valence-electron chi connectivity index (χ2n) is 4.45. The molecule has 0 unspecified atom stereocenters. The second-order valence-corrected chi connectivity index (χ2v) is 5.57. The van der Waals surface area contributed by atoms with Gasteiger partial charge in [-0.25, -0.2) is 4.98 Å². The molecule has 0 fully saturated rings. The van der Waals surface area contributed by atoms with Gasteiger partial charge in [-0.3, -0.25) is 4.68 Å². The van der Waals surface area contributed by atoms with E-state index in [4.69, 9.17) is 0 Å². The highest BCUT2D eigenvalue weighted by Crippen LogP contribution is 2.21. The lowest BCUT2D eigenvalue weighted by Gasteiger charge is -1.98. The minimum atomic E-state index is 0.760. The first kappa shape index (κ1) is 12.9. The minimum Gasteiger partial charge on any atom is -0.362 e. The molecule has 1 aromatic carbocycles. The van der Waals surface area contributed by atoms with Crippen molar-refractivity contribution in [2.24, 2.45) is 0 Å². The summed E-state index contributed by atoms with van der Waals surface area (Å²) in [6.07, 6.45) is 5.88. The minimum absolute atomic E-state index is 0.760. The number of benzene rings is 1. The summed E-state index contributed by atoms with van der Waals surface area (Å²) in [6, 6.07) is 10.3. The first-order valence-corrected chi connectivity index (χ1v) is 7.43. The highest BCUT2D eigenvalue weighted by molar-refractivity contribution is 7.15. The van der Waals surface area contributed by atoms with Gasteiger partial charge in [-0.15, -0.1) is 11.3 Å². The number of thiazole rings is 1. The summed E-state index contributed by atoms with van der Waals surface area (Å²) in [5.74, 6) is 0. The monoisotopic (exact) mass is 284 g/mol. The molecule has 0 radical (unpaired) electrons. The molecule has 20 heavy (non-hydrogen) atoms. The zero-order valence-corrected chi connectivity index (χ0v) is 12.1. The Balaban J connectivity index is 1.73. The number of anilines is 1. The van der Waals surface area contributed by atoms with E-state index < -0.39 is 0 Å². The van der Waals surface area contributed by atoms with Crippen LogP contribution in [0.1, 0.15) is 11.8 Å². The van der Waals surface area contributed by atoms with Crippen LogP contribution in [0.2, 0.25) is 0 Å². The fourth-order valence-electron chi connectivity index (χ4n) is 2.00. The van der Waals surface area contributed by atoms with Crippen molar-refractivity contribution in [2.45, 2.75) is 13.5 Å². The number of aromatic nitrogens is 3. The SMILES string of the molecule is CCNc1ncc(Cn2cc(-c3ccccc3)cn2)s1. The highest BCUT2D eigenvalue weighted by atomic mass is 32.1. The predicted molar refractivity (Wildman–Crippen MR) is 83.0 cm³/mol. The van der Waals surface area contributed by atoms with Gasteiger partial charge in [-0.05, 0) is 12.5 Å². The molecule has 0 bridgehead atoms. The Morgan fingerprint density at radius 3 is 2.80 bits per heavy atom. The van der Waals surface area contributed by atoms with Crippen molar-refractivity contribution >= 4 is 16.5 Å². The molecule has 0 aliphatic heterocycles. The summed E-state index contributed by atoms with van der Waals surface area (Å²) in [7, 11) is 0. The third-order valence-corrected chi connectivity index (χ3v) is 3.88. The molecule has 3 rings (SSSR count). The van der Waals surface area contributed by atoms with Crippen LogP contribution in [0.4, 0.5) is 5.13 Å². The molecule has 0 aliphatic carbocycles. The van der Waals surface area contributed by atoms with E-state index >= 15 is 0 Å². The van der Waals surface area contributed by atoms with Gasteiger partial charge in [-0.2, -0.15) is 5.10 Å². The molecule has 2 heterocycles. The Morgan fingerprint density at radius 2 is 2.00 bits per heavy atom. The molecule has 0 atom stereocenters. The van der Waals surface area contributed by atoms with Gasteiger partial charge >= 0.3 is 0 Å². The van der Waals surface area contributed by atoms with Gasteiger partial charge in [0.1, 0.15) is 0 Å². The number of hydrogen-bond acceptors (Lipinski definition) is 4. The van der Waals surface area contributed by atoms with E-state index in [1.54, 1.807) is 11.3 Å². The van der Waals surface area contributed by atoms with Gasteiger partial charge in [0.25, 0.3) is 0 Å². The van der Waals surface area contributed by atoms with Crippen LogP contribution in [0.25, 0.3) is 11.1 Å².